The van der Waals surface area contributed by atoms with Gasteiger partial charge in [-0.2, -0.15) is 0 Å². The molecule has 0 unspecified atom stereocenters. The van der Waals surface area contributed by atoms with Crippen molar-refractivity contribution in [3.8, 4) is 0 Å². The molecule has 3 aromatic rings. The number of rotatable bonds is 5. The van der Waals surface area contributed by atoms with Crippen LogP contribution in [-0.2, 0) is 21.2 Å². The van der Waals surface area contributed by atoms with E-state index in [2.05, 4.69) is 0 Å². The van der Waals surface area contributed by atoms with Gasteiger partial charge in [0.1, 0.15) is 6.54 Å². The summed E-state index contributed by atoms with van der Waals surface area (Å²) >= 11 is 5.99. The lowest BCUT2D eigenvalue weighted by atomic mass is 10.1. The summed E-state index contributed by atoms with van der Waals surface area (Å²) in [5.41, 5.74) is 2.31. The maximum atomic E-state index is 13.4. The Morgan fingerprint density at radius 1 is 1.00 bits per heavy atom. The van der Waals surface area contributed by atoms with Crippen molar-refractivity contribution in [2.45, 2.75) is 24.3 Å². The first-order chi connectivity index (χ1) is 14.4. The normalized spacial score (nSPS) is 15.7. The number of hydrogen-bond acceptors (Lipinski definition) is 3. The molecule has 154 valence electrons. The van der Waals surface area contributed by atoms with E-state index in [1.807, 2.05) is 31.2 Å². The van der Waals surface area contributed by atoms with Crippen molar-refractivity contribution in [3.05, 3.63) is 89.4 Å². The van der Waals surface area contributed by atoms with Gasteiger partial charge < -0.3 is 4.90 Å². The molecule has 0 aliphatic carbocycles. The second-order valence-electron chi connectivity index (χ2n) is 7.25. The Kier molecular flexibility index (Phi) is 5.54. The topological polar surface area (TPSA) is 57.7 Å². The zero-order valence-corrected chi connectivity index (χ0v) is 18.0. The number of carbonyl (C=O) groups is 1. The number of fused-ring (bicyclic) bond motifs is 1. The zero-order valence-electron chi connectivity index (χ0n) is 16.4. The third-order valence-electron chi connectivity index (χ3n) is 5.20. The summed E-state index contributed by atoms with van der Waals surface area (Å²) in [5, 5.41) is 0.490. The Hall–Kier alpha value is -2.83. The fourth-order valence-corrected chi connectivity index (χ4v) is 5.35. The molecule has 1 amide bonds. The molecular formula is C23H21ClN2O3S. The van der Waals surface area contributed by atoms with E-state index < -0.39 is 10.0 Å². The summed E-state index contributed by atoms with van der Waals surface area (Å²) in [5.74, 6) is -0.276. The second-order valence-corrected chi connectivity index (χ2v) is 9.55. The predicted octanol–water partition coefficient (Wildman–Crippen LogP) is 4.51. The fourth-order valence-electron chi connectivity index (χ4n) is 3.79. The maximum absolute atomic E-state index is 13.4. The van der Waals surface area contributed by atoms with Gasteiger partial charge in [0.05, 0.1) is 10.6 Å². The maximum Gasteiger partial charge on any atom is 0.264 e. The standard InChI is InChI=1S/C23H21ClN2O3S/c1-17-15-18-7-5-6-10-22(18)26(17)23(27)16-25(20-13-11-19(24)12-14-20)30(28,29)21-8-3-2-4-9-21/h2-14,17H,15-16H2,1H3/t17-/m0/s1. The van der Waals surface area contributed by atoms with Crippen LogP contribution in [0.1, 0.15) is 12.5 Å². The van der Waals surface area contributed by atoms with E-state index >= 15 is 0 Å². The summed E-state index contributed by atoms with van der Waals surface area (Å²) in [4.78, 5) is 15.2. The first-order valence-electron chi connectivity index (χ1n) is 9.61. The predicted molar refractivity (Wildman–Crippen MR) is 120 cm³/mol. The molecule has 0 N–H and O–H groups in total. The van der Waals surface area contributed by atoms with E-state index in [1.165, 1.54) is 12.1 Å². The minimum Gasteiger partial charge on any atom is -0.307 e. The molecule has 1 heterocycles. The lowest BCUT2D eigenvalue weighted by Gasteiger charge is -2.29. The van der Waals surface area contributed by atoms with Gasteiger partial charge in [0.15, 0.2) is 0 Å². The Morgan fingerprint density at radius 3 is 2.33 bits per heavy atom. The van der Waals surface area contributed by atoms with Crippen LogP contribution in [0.4, 0.5) is 11.4 Å². The van der Waals surface area contributed by atoms with Crippen molar-refractivity contribution in [1.29, 1.82) is 0 Å². The highest BCUT2D eigenvalue weighted by atomic mass is 35.5. The van der Waals surface area contributed by atoms with Crippen LogP contribution in [-0.4, -0.2) is 26.9 Å². The molecule has 30 heavy (non-hydrogen) atoms. The molecule has 0 fully saturated rings. The van der Waals surface area contributed by atoms with Gasteiger partial charge in [-0.25, -0.2) is 8.42 Å². The molecule has 0 spiro atoms. The second kappa shape index (κ2) is 8.13. The summed E-state index contributed by atoms with van der Waals surface area (Å²) in [7, 11) is -3.94. The molecule has 1 aliphatic heterocycles. The van der Waals surface area contributed by atoms with Gasteiger partial charge >= 0.3 is 0 Å². The Morgan fingerprint density at radius 2 is 1.63 bits per heavy atom. The van der Waals surface area contributed by atoms with Crippen LogP contribution in [0.5, 0.6) is 0 Å². The van der Waals surface area contributed by atoms with E-state index in [9.17, 15) is 13.2 Å². The van der Waals surface area contributed by atoms with Crippen LogP contribution in [0.2, 0.25) is 5.02 Å². The van der Waals surface area contributed by atoms with Crippen molar-refractivity contribution in [3.63, 3.8) is 0 Å². The van der Waals surface area contributed by atoms with Gasteiger partial charge in [-0.05, 0) is 61.4 Å². The number of para-hydroxylation sites is 1. The summed E-state index contributed by atoms with van der Waals surface area (Å²) < 4.78 is 28.0. The monoisotopic (exact) mass is 440 g/mol. The molecule has 0 radical (unpaired) electrons. The van der Waals surface area contributed by atoms with Crippen LogP contribution in [0.3, 0.4) is 0 Å². The van der Waals surface area contributed by atoms with Crippen molar-refractivity contribution in [2.24, 2.45) is 0 Å². The first kappa shape index (κ1) is 20.4. The van der Waals surface area contributed by atoms with E-state index in [-0.39, 0.29) is 23.4 Å². The largest absolute Gasteiger partial charge is 0.307 e. The number of benzene rings is 3. The van der Waals surface area contributed by atoms with E-state index in [0.29, 0.717) is 10.7 Å². The van der Waals surface area contributed by atoms with Gasteiger partial charge in [0.25, 0.3) is 10.0 Å². The smallest absolute Gasteiger partial charge is 0.264 e. The molecule has 7 heteroatoms. The van der Waals surface area contributed by atoms with Crippen molar-refractivity contribution in [1.82, 2.24) is 0 Å². The number of carbonyl (C=O) groups excluding carboxylic acids is 1. The Bertz CT molecular complexity index is 1160. The number of anilines is 2. The highest BCUT2D eigenvalue weighted by molar-refractivity contribution is 7.92. The molecule has 4 rings (SSSR count). The van der Waals surface area contributed by atoms with Crippen molar-refractivity contribution in [2.75, 3.05) is 15.7 Å². The number of amides is 1. The van der Waals surface area contributed by atoms with Crippen molar-refractivity contribution < 1.29 is 13.2 Å². The fraction of sp³-hybridized carbons (Fsp3) is 0.174. The molecule has 0 saturated carbocycles. The van der Waals surface area contributed by atoms with Crippen LogP contribution >= 0.6 is 11.6 Å². The quantitative estimate of drug-likeness (QED) is 0.586. The SMILES string of the molecule is C[C@H]1Cc2ccccc2N1C(=O)CN(c1ccc(Cl)cc1)S(=O)(=O)c1ccccc1. The van der Waals surface area contributed by atoms with Crippen LogP contribution < -0.4 is 9.21 Å². The minimum atomic E-state index is -3.94. The number of sulfonamides is 1. The molecule has 0 bridgehead atoms. The number of hydrogen-bond donors (Lipinski definition) is 0. The van der Waals surface area contributed by atoms with E-state index in [1.54, 1.807) is 47.4 Å². The third-order valence-corrected chi connectivity index (χ3v) is 7.24. The summed E-state index contributed by atoms with van der Waals surface area (Å²) in [6, 6.07) is 22.2. The van der Waals surface area contributed by atoms with Gasteiger partial charge in [0, 0.05) is 16.8 Å². The minimum absolute atomic E-state index is 0.0404. The molecular weight excluding hydrogens is 420 g/mol. The van der Waals surface area contributed by atoms with Crippen LogP contribution in [0.15, 0.2) is 83.8 Å². The third kappa shape index (κ3) is 3.80. The number of nitrogens with zero attached hydrogens (tertiary/aromatic N) is 2. The van der Waals surface area contributed by atoms with Crippen LogP contribution in [0.25, 0.3) is 0 Å². The lowest BCUT2D eigenvalue weighted by molar-refractivity contribution is -0.117. The molecule has 3 aromatic carbocycles. The lowest BCUT2D eigenvalue weighted by Crippen LogP contribution is -2.45. The van der Waals surface area contributed by atoms with E-state index in [4.69, 9.17) is 11.6 Å². The molecule has 1 aliphatic rings. The van der Waals surface area contributed by atoms with E-state index in [0.717, 1.165) is 22.0 Å². The summed E-state index contributed by atoms with van der Waals surface area (Å²) in [6.45, 7) is 1.66. The average molecular weight is 441 g/mol. The molecule has 1 atom stereocenters. The Labute approximate surface area is 181 Å². The van der Waals surface area contributed by atoms with Gasteiger partial charge in [-0.3, -0.25) is 9.10 Å². The molecule has 5 nitrogen and oxygen atoms in total. The number of halogens is 1. The Balaban J connectivity index is 1.72. The first-order valence-corrected chi connectivity index (χ1v) is 11.4. The zero-order chi connectivity index (χ0) is 21.3. The van der Waals surface area contributed by atoms with Gasteiger partial charge in [-0.1, -0.05) is 48.0 Å². The summed E-state index contributed by atoms with van der Waals surface area (Å²) in [6.07, 6.45) is 0.744. The van der Waals surface area contributed by atoms with Gasteiger partial charge in [0.2, 0.25) is 5.91 Å². The van der Waals surface area contributed by atoms with Crippen LogP contribution in [0, 0.1) is 0 Å². The highest BCUT2D eigenvalue weighted by Crippen LogP contribution is 2.33. The molecule has 0 aromatic heterocycles. The molecule has 0 saturated heterocycles. The average Bonchev–Trinajstić information content (AvgIpc) is 3.09. The van der Waals surface area contributed by atoms with Gasteiger partial charge in [-0.15, -0.1) is 0 Å². The van der Waals surface area contributed by atoms with Crippen molar-refractivity contribution >= 4 is 38.9 Å². The highest BCUT2D eigenvalue weighted by Gasteiger charge is 2.34.